The van der Waals surface area contributed by atoms with E-state index >= 15 is 0 Å². The first-order valence-corrected chi connectivity index (χ1v) is 8.07. The number of rotatable bonds is 4. The molecule has 0 amide bonds. The Bertz CT molecular complexity index is 769. The lowest BCUT2D eigenvalue weighted by Gasteiger charge is -2.20. The van der Waals surface area contributed by atoms with Gasteiger partial charge in [-0.25, -0.2) is 4.98 Å². The van der Waals surface area contributed by atoms with Crippen LogP contribution in [0, 0.1) is 11.8 Å². The first kappa shape index (κ1) is 13.9. The van der Waals surface area contributed by atoms with Crippen molar-refractivity contribution in [2.75, 3.05) is 13.1 Å². The molecule has 116 valence electrons. The van der Waals surface area contributed by atoms with Gasteiger partial charge in [-0.05, 0) is 43.9 Å². The van der Waals surface area contributed by atoms with E-state index in [1.165, 1.54) is 6.42 Å². The third-order valence-corrected chi connectivity index (χ3v) is 5.19. The number of piperidine rings is 1. The van der Waals surface area contributed by atoms with Gasteiger partial charge in [-0.3, -0.25) is 9.36 Å². The first-order chi connectivity index (χ1) is 10.6. The largest absolute Gasteiger partial charge is 0.312 e. The zero-order valence-electron chi connectivity index (χ0n) is 13.0. The van der Waals surface area contributed by atoms with Gasteiger partial charge in [-0.15, -0.1) is 0 Å². The summed E-state index contributed by atoms with van der Waals surface area (Å²) in [6.45, 7) is 4.18. The second kappa shape index (κ2) is 5.18. The summed E-state index contributed by atoms with van der Waals surface area (Å²) in [5, 5.41) is 7.79. The highest BCUT2D eigenvalue weighted by Gasteiger charge is 2.47. The zero-order valence-corrected chi connectivity index (χ0v) is 13.0. The van der Waals surface area contributed by atoms with E-state index in [1.54, 1.807) is 11.6 Å². The van der Waals surface area contributed by atoms with Crippen LogP contribution < -0.4 is 16.2 Å². The summed E-state index contributed by atoms with van der Waals surface area (Å²) in [5.74, 6) is 2.56. The lowest BCUT2D eigenvalue weighted by Crippen LogP contribution is -2.39. The van der Waals surface area contributed by atoms with Crippen LogP contribution in [-0.4, -0.2) is 28.7 Å². The number of nitrogens with one attached hydrogen (secondary N) is 2. The molecule has 1 aliphatic heterocycles. The second-order valence-corrected chi connectivity index (χ2v) is 6.66. The van der Waals surface area contributed by atoms with Crippen LogP contribution in [0.4, 0.5) is 0 Å². The normalized spacial score (nSPS) is 27.8. The second-order valence-electron chi connectivity index (χ2n) is 6.66. The van der Waals surface area contributed by atoms with Crippen molar-refractivity contribution in [3.8, 4) is 0 Å². The van der Waals surface area contributed by atoms with Crippen LogP contribution in [0.25, 0.3) is 10.9 Å². The Morgan fingerprint density at radius 3 is 3.00 bits per heavy atom. The van der Waals surface area contributed by atoms with Gasteiger partial charge in [0.2, 0.25) is 0 Å². The van der Waals surface area contributed by atoms with Crippen molar-refractivity contribution in [2.24, 2.45) is 18.9 Å². The quantitative estimate of drug-likeness (QED) is 0.890. The number of para-hydroxylation sites is 1. The standard InChI is InChI=1S/C17H22N4O/c1-10(18-9-15-13-7-11(13)8-19-15)16-20-14-6-4-3-5-12(14)17(22)21(16)2/h3-6,10-11,13,15,18-19H,7-9H2,1-2H3. The highest BCUT2D eigenvalue weighted by molar-refractivity contribution is 5.77. The van der Waals surface area contributed by atoms with Crippen LogP contribution in [0.15, 0.2) is 29.1 Å². The van der Waals surface area contributed by atoms with E-state index in [-0.39, 0.29) is 11.6 Å². The minimum Gasteiger partial charge on any atom is -0.312 e. The summed E-state index contributed by atoms with van der Waals surface area (Å²) in [5.41, 5.74) is 0.797. The molecule has 5 heteroatoms. The molecule has 0 radical (unpaired) electrons. The van der Waals surface area contributed by atoms with Gasteiger partial charge in [0.1, 0.15) is 5.82 Å². The molecule has 0 spiro atoms. The van der Waals surface area contributed by atoms with Crippen LogP contribution in [0.2, 0.25) is 0 Å². The number of hydrogen-bond donors (Lipinski definition) is 2. The predicted molar refractivity (Wildman–Crippen MR) is 86.8 cm³/mol. The summed E-state index contributed by atoms with van der Waals surface area (Å²) in [4.78, 5) is 17.1. The summed E-state index contributed by atoms with van der Waals surface area (Å²) < 4.78 is 1.67. The Balaban J connectivity index is 1.56. The van der Waals surface area contributed by atoms with Gasteiger partial charge in [0, 0.05) is 19.6 Å². The molecule has 1 saturated heterocycles. The molecule has 4 unspecified atom stereocenters. The minimum absolute atomic E-state index is 0.0236. The van der Waals surface area contributed by atoms with Crippen molar-refractivity contribution >= 4 is 10.9 Å². The van der Waals surface area contributed by atoms with Crippen molar-refractivity contribution in [3.63, 3.8) is 0 Å². The fourth-order valence-electron chi connectivity index (χ4n) is 3.69. The fraction of sp³-hybridized carbons (Fsp3) is 0.529. The molecule has 2 N–H and O–H groups in total. The van der Waals surface area contributed by atoms with Crippen molar-refractivity contribution in [3.05, 3.63) is 40.4 Å². The number of hydrogen-bond acceptors (Lipinski definition) is 4. The van der Waals surface area contributed by atoms with Gasteiger partial charge >= 0.3 is 0 Å². The third kappa shape index (κ3) is 2.25. The average Bonchev–Trinajstić information content (AvgIpc) is 3.21. The molecule has 2 heterocycles. The molecule has 5 nitrogen and oxygen atoms in total. The molecule has 1 saturated carbocycles. The van der Waals surface area contributed by atoms with Crippen molar-refractivity contribution in [2.45, 2.75) is 25.4 Å². The molecule has 2 aromatic rings. The van der Waals surface area contributed by atoms with Gasteiger partial charge in [-0.1, -0.05) is 12.1 Å². The third-order valence-electron chi connectivity index (χ3n) is 5.19. The molecular formula is C17H22N4O. The summed E-state index contributed by atoms with van der Waals surface area (Å²) in [7, 11) is 1.81. The number of nitrogens with zero attached hydrogens (tertiary/aromatic N) is 2. The number of fused-ring (bicyclic) bond motifs is 2. The summed E-state index contributed by atoms with van der Waals surface area (Å²) >= 11 is 0. The van der Waals surface area contributed by atoms with Crippen molar-refractivity contribution in [1.82, 2.24) is 20.2 Å². The van der Waals surface area contributed by atoms with Crippen LogP contribution >= 0.6 is 0 Å². The number of benzene rings is 1. The molecule has 1 aromatic carbocycles. The maximum absolute atomic E-state index is 12.5. The number of aromatic nitrogens is 2. The van der Waals surface area contributed by atoms with Crippen LogP contribution in [0.5, 0.6) is 0 Å². The van der Waals surface area contributed by atoms with Crippen molar-refractivity contribution < 1.29 is 0 Å². The van der Waals surface area contributed by atoms with Gasteiger partial charge in [0.05, 0.1) is 16.9 Å². The van der Waals surface area contributed by atoms with Gasteiger partial charge in [0.15, 0.2) is 0 Å². The van der Waals surface area contributed by atoms with E-state index in [4.69, 9.17) is 4.98 Å². The molecule has 2 fully saturated rings. The monoisotopic (exact) mass is 298 g/mol. The molecule has 4 rings (SSSR count). The SMILES string of the molecule is CC(NCC1NCC2CC21)c1nc2ccccc2c(=O)n1C. The highest BCUT2D eigenvalue weighted by atomic mass is 16.1. The van der Waals surface area contributed by atoms with Gasteiger partial charge < -0.3 is 10.6 Å². The summed E-state index contributed by atoms with van der Waals surface area (Å²) in [6.07, 6.45) is 1.38. The lowest BCUT2D eigenvalue weighted by atomic mass is 10.2. The maximum Gasteiger partial charge on any atom is 0.261 e. The minimum atomic E-state index is 0.0236. The smallest absolute Gasteiger partial charge is 0.261 e. The van der Waals surface area contributed by atoms with Crippen LogP contribution in [0.1, 0.15) is 25.2 Å². The summed E-state index contributed by atoms with van der Waals surface area (Å²) in [6, 6.07) is 8.17. The molecule has 2 aliphatic rings. The lowest BCUT2D eigenvalue weighted by molar-refractivity contribution is 0.439. The van der Waals surface area contributed by atoms with Gasteiger partial charge in [0.25, 0.3) is 5.56 Å². The molecule has 4 atom stereocenters. The predicted octanol–water partition coefficient (Wildman–Crippen LogP) is 1.19. The molecular weight excluding hydrogens is 276 g/mol. The maximum atomic E-state index is 12.5. The van der Waals surface area contributed by atoms with E-state index in [0.29, 0.717) is 11.4 Å². The molecule has 1 aliphatic carbocycles. The Morgan fingerprint density at radius 2 is 2.27 bits per heavy atom. The zero-order chi connectivity index (χ0) is 15.3. The molecule has 1 aromatic heterocycles. The Kier molecular flexibility index (Phi) is 3.27. The Hall–Kier alpha value is -1.72. The first-order valence-electron chi connectivity index (χ1n) is 8.07. The molecule has 22 heavy (non-hydrogen) atoms. The highest BCUT2D eigenvalue weighted by Crippen LogP contribution is 2.44. The van der Waals surface area contributed by atoms with E-state index in [2.05, 4.69) is 17.6 Å². The van der Waals surface area contributed by atoms with E-state index in [9.17, 15) is 4.79 Å². The topological polar surface area (TPSA) is 59.0 Å². The Morgan fingerprint density at radius 1 is 1.45 bits per heavy atom. The van der Waals surface area contributed by atoms with Crippen molar-refractivity contribution in [1.29, 1.82) is 0 Å². The molecule has 0 bridgehead atoms. The van der Waals surface area contributed by atoms with E-state index in [0.717, 1.165) is 36.3 Å². The van der Waals surface area contributed by atoms with Crippen LogP contribution in [0.3, 0.4) is 0 Å². The Labute approximate surface area is 129 Å². The van der Waals surface area contributed by atoms with Crippen LogP contribution in [-0.2, 0) is 7.05 Å². The van der Waals surface area contributed by atoms with E-state index < -0.39 is 0 Å². The average molecular weight is 298 g/mol. The van der Waals surface area contributed by atoms with Gasteiger partial charge in [-0.2, -0.15) is 0 Å². The fourth-order valence-corrected chi connectivity index (χ4v) is 3.69. The van der Waals surface area contributed by atoms with E-state index in [1.807, 2.05) is 24.3 Å².